The molecule has 0 unspecified atom stereocenters. The minimum atomic E-state index is 0.173. The van der Waals surface area contributed by atoms with E-state index >= 15 is 0 Å². The van der Waals surface area contributed by atoms with Crippen molar-refractivity contribution in [3.8, 4) is 24.2 Å². The molecule has 0 atom stereocenters. The van der Waals surface area contributed by atoms with Crippen molar-refractivity contribution in [1.82, 2.24) is 0 Å². The van der Waals surface area contributed by atoms with Crippen LogP contribution in [-0.4, -0.2) is 19.7 Å². The maximum absolute atomic E-state index is 9.57. The van der Waals surface area contributed by atoms with Gasteiger partial charge in [-0.3, -0.25) is 0 Å². The number of benzene rings is 2. The van der Waals surface area contributed by atoms with Crippen LogP contribution >= 0.6 is 0 Å². The van der Waals surface area contributed by atoms with Crippen molar-refractivity contribution in [2.24, 2.45) is 0 Å². The molecule has 0 spiro atoms. The Morgan fingerprint density at radius 3 is 2.46 bits per heavy atom. The van der Waals surface area contributed by atoms with Crippen LogP contribution in [0.25, 0.3) is 11.6 Å². The molecule has 2 aromatic carbocycles. The second-order valence-electron chi connectivity index (χ2n) is 5.68. The number of nitriles is 1. The molecule has 132 valence electrons. The number of anilines is 2. The largest absolute Gasteiger partial charge is 0.480 e. The van der Waals surface area contributed by atoms with Crippen molar-refractivity contribution in [3.05, 3.63) is 53.6 Å². The maximum atomic E-state index is 9.57. The highest BCUT2D eigenvalue weighted by molar-refractivity contribution is 5.91. The summed E-state index contributed by atoms with van der Waals surface area (Å²) in [6.07, 6.45) is 7.15. The topological polar surface area (TPSA) is 62.3 Å². The first-order valence-corrected chi connectivity index (χ1v) is 8.55. The van der Waals surface area contributed by atoms with Crippen molar-refractivity contribution >= 4 is 23.0 Å². The van der Waals surface area contributed by atoms with Gasteiger partial charge in [0.2, 0.25) is 0 Å². The number of hydrogen-bond acceptors (Lipinski definition) is 4. The monoisotopic (exact) mass is 345 g/mol. The van der Waals surface area contributed by atoms with Crippen LogP contribution in [0.15, 0.2) is 42.5 Å². The summed E-state index contributed by atoms with van der Waals surface area (Å²) >= 11 is 0. The van der Waals surface area contributed by atoms with Gasteiger partial charge in [-0.25, -0.2) is 0 Å². The van der Waals surface area contributed by atoms with Crippen LogP contribution in [0.2, 0.25) is 0 Å². The van der Waals surface area contributed by atoms with E-state index in [1.165, 1.54) is 0 Å². The molecule has 0 radical (unpaired) electrons. The molecular weight excluding hydrogens is 322 g/mol. The summed E-state index contributed by atoms with van der Waals surface area (Å²) in [7, 11) is 0. The first kappa shape index (κ1) is 19.0. The third kappa shape index (κ3) is 4.59. The zero-order valence-corrected chi connectivity index (χ0v) is 15.2. The summed E-state index contributed by atoms with van der Waals surface area (Å²) in [6.45, 7) is 6.18. The Kier molecular flexibility index (Phi) is 6.71. The predicted molar refractivity (Wildman–Crippen MR) is 109 cm³/mol. The maximum Gasteiger partial charge on any atom is 0.148 e. The molecule has 0 aliphatic carbocycles. The molecule has 0 aliphatic rings. The van der Waals surface area contributed by atoms with Crippen LogP contribution in [0, 0.1) is 23.7 Å². The molecular formula is C22H23N3O. The average molecular weight is 345 g/mol. The van der Waals surface area contributed by atoms with Gasteiger partial charge in [-0.2, -0.15) is 5.26 Å². The normalized spacial score (nSPS) is 10.7. The van der Waals surface area contributed by atoms with E-state index in [1.807, 2.05) is 36.4 Å². The Bertz CT molecular complexity index is 850. The SMILES string of the molecule is C#CCOc1cc(N(CC)CC)ccc1/C=C(\C#N)c1ccc(N)cc1. The Hall–Kier alpha value is -3.37. The summed E-state index contributed by atoms with van der Waals surface area (Å²) in [5.41, 5.74) is 9.59. The molecule has 0 amide bonds. The fourth-order valence-electron chi connectivity index (χ4n) is 2.67. The van der Waals surface area contributed by atoms with Crippen molar-refractivity contribution in [2.45, 2.75) is 13.8 Å². The molecule has 2 aromatic rings. The molecule has 0 aromatic heterocycles. The molecule has 0 saturated carbocycles. The molecule has 2 rings (SSSR count). The highest BCUT2D eigenvalue weighted by atomic mass is 16.5. The smallest absolute Gasteiger partial charge is 0.148 e. The lowest BCUT2D eigenvalue weighted by molar-refractivity contribution is 0.369. The van der Waals surface area contributed by atoms with Crippen LogP contribution in [0.3, 0.4) is 0 Å². The Morgan fingerprint density at radius 1 is 1.19 bits per heavy atom. The number of nitrogen functional groups attached to an aromatic ring is 1. The Balaban J connectivity index is 2.47. The van der Waals surface area contributed by atoms with Crippen molar-refractivity contribution in [1.29, 1.82) is 5.26 Å². The van der Waals surface area contributed by atoms with Gasteiger partial charge in [0.05, 0.1) is 11.6 Å². The molecule has 2 N–H and O–H groups in total. The first-order valence-electron chi connectivity index (χ1n) is 8.55. The van der Waals surface area contributed by atoms with E-state index in [0.717, 1.165) is 29.9 Å². The lowest BCUT2D eigenvalue weighted by atomic mass is 10.0. The third-order valence-electron chi connectivity index (χ3n) is 4.08. The van der Waals surface area contributed by atoms with Gasteiger partial charge in [-0.05, 0) is 49.8 Å². The first-order chi connectivity index (χ1) is 12.6. The molecule has 0 bridgehead atoms. The highest BCUT2D eigenvalue weighted by Gasteiger charge is 2.09. The number of allylic oxidation sites excluding steroid dienone is 1. The van der Waals surface area contributed by atoms with E-state index in [9.17, 15) is 5.26 Å². The fourth-order valence-corrected chi connectivity index (χ4v) is 2.67. The molecule has 0 saturated heterocycles. The Morgan fingerprint density at radius 2 is 1.88 bits per heavy atom. The lowest BCUT2D eigenvalue weighted by Gasteiger charge is -2.22. The van der Waals surface area contributed by atoms with E-state index in [0.29, 0.717) is 17.0 Å². The van der Waals surface area contributed by atoms with Gasteiger partial charge in [0.1, 0.15) is 12.4 Å². The minimum Gasteiger partial charge on any atom is -0.480 e. The highest BCUT2D eigenvalue weighted by Crippen LogP contribution is 2.29. The fraction of sp³-hybridized carbons (Fsp3) is 0.227. The van der Waals surface area contributed by atoms with Gasteiger partial charge < -0.3 is 15.4 Å². The van der Waals surface area contributed by atoms with E-state index in [-0.39, 0.29) is 6.61 Å². The van der Waals surface area contributed by atoms with Gasteiger partial charge in [0, 0.05) is 36.1 Å². The van der Waals surface area contributed by atoms with E-state index in [2.05, 4.69) is 30.7 Å². The summed E-state index contributed by atoms with van der Waals surface area (Å²) in [6, 6.07) is 15.4. The summed E-state index contributed by atoms with van der Waals surface area (Å²) in [5.74, 6) is 3.15. The molecule has 0 fully saturated rings. The number of terminal acetylenes is 1. The van der Waals surface area contributed by atoms with Crippen molar-refractivity contribution in [2.75, 3.05) is 30.3 Å². The summed E-state index contributed by atoms with van der Waals surface area (Å²) < 4.78 is 5.73. The second kappa shape index (κ2) is 9.20. The molecule has 4 heteroatoms. The zero-order chi connectivity index (χ0) is 18.9. The van der Waals surface area contributed by atoms with E-state index in [4.69, 9.17) is 16.9 Å². The lowest BCUT2D eigenvalue weighted by Crippen LogP contribution is -2.21. The predicted octanol–water partition coefficient (Wildman–Crippen LogP) is 4.19. The summed E-state index contributed by atoms with van der Waals surface area (Å²) in [4.78, 5) is 2.22. The third-order valence-corrected chi connectivity index (χ3v) is 4.08. The Labute approximate surface area is 155 Å². The zero-order valence-electron chi connectivity index (χ0n) is 15.2. The van der Waals surface area contributed by atoms with E-state index < -0.39 is 0 Å². The number of nitrogens with zero attached hydrogens (tertiary/aromatic N) is 2. The van der Waals surface area contributed by atoms with Crippen LogP contribution in [-0.2, 0) is 0 Å². The number of rotatable bonds is 7. The molecule has 26 heavy (non-hydrogen) atoms. The van der Waals surface area contributed by atoms with Gasteiger partial charge in [0.15, 0.2) is 0 Å². The molecule has 4 nitrogen and oxygen atoms in total. The quantitative estimate of drug-likeness (QED) is 0.354. The van der Waals surface area contributed by atoms with Gasteiger partial charge in [-0.1, -0.05) is 18.1 Å². The standard InChI is InChI=1S/C22H23N3O/c1-4-13-26-22-15-21(25(5-2)6-3)12-9-18(22)14-19(16-23)17-7-10-20(24)11-8-17/h1,7-12,14-15H,5-6,13,24H2,2-3H3/b19-14+. The number of hydrogen-bond donors (Lipinski definition) is 1. The summed E-state index contributed by atoms with van der Waals surface area (Å²) in [5, 5.41) is 9.57. The molecule has 0 heterocycles. The molecule has 0 aliphatic heterocycles. The van der Waals surface area contributed by atoms with Gasteiger partial charge >= 0.3 is 0 Å². The van der Waals surface area contributed by atoms with Crippen LogP contribution in [0.4, 0.5) is 11.4 Å². The minimum absolute atomic E-state index is 0.173. The van der Waals surface area contributed by atoms with Crippen LogP contribution in [0.5, 0.6) is 5.75 Å². The second-order valence-corrected chi connectivity index (χ2v) is 5.68. The van der Waals surface area contributed by atoms with Crippen LogP contribution in [0.1, 0.15) is 25.0 Å². The van der Waals surface area contributed by atoms with E-state index in [1.54, 1.807) is 12.1 Å². The van der Waals surface area contributed by atoms with Crippen molar-refractivity contribution in [3.63, 3.8) is 0 Å². The van der Waals surface area contributed by atoms with Gasteiger partial charge in [-0.15, -0.1) is 6.42 Å². The number of nitrogens with two attached hydrogens (primary N) is 1. The van der Waals surface area contributed by atoms with Crippen LogP contribution < -0.4 is 15.4 Å². The van der Waals surface area contributed by atoms with Crippen molar-refractivity contribution < 1.29 is 4.74 Å². The number of ether oxygens (including phenoxy) is 1. The average Bonchev–Trinajstić information content (AvgIpc) is 2.67. The van der Waals surface area contributed by atoms with Gasteiger partial charge in [0.25, 0.3) is 0 Å².